The number of methoxy groups -OCH3 is 1. The van der Waals surface area contributed by atoms with Crippen LogP contribution in [0, 0.1) is 23.7 Å². The van der Waals surface area contributed by atoms with E-state index >= 15 is 0 Å². The van der Waals surface area contributed by atoms with Crippen LogP contribution < -0.4 is 14.8 Å². The molecule has 5 nitrogen and oxygen atoms in total. The van der Waals surface area contributed by atoms with Crippen LogP contribution in [-0.4, -0.2) is 19.6 Å². The lowest BCUT2D eigenvalue weighted by Gasteiger charge is -2.12. The summed E-state index contributed by atoms with van der Waals surface area (Å²) in [7, 11) is 1.41. The monoisotopic (exact) mass is 478 g/mol. The minimum Gasteiger partial charge on any atom is -0.493 e. The number of halogens is 4. The Morgan fingerprint density at radius 1 is 1.30 bits per heavy atom. The first-order valence-electron chi connectivity index (χ1n) is 8.23. The SMILES string of the molecule is C#CCOc1cc(Br)c(/C=C(/C#N)C(=O)Nc2cccc(C(F)(F)F)c2)cc1OC. The van der Waals surface area contributed by atoms with Gasteiger partial charge < -0.3 is 14.8 Å². The van der Waals surface area contributed by atoms with Gasteiger partial charge in [-0.3, -0.25) is 4.79 Å². The van der Waals surface area contributed by atoms with Crippen molar-refractivity contribution in [3.05, 3.63) is 57.6 Å². The van der Waals surface area contributed by atoms with Crippen LogP contribution in [0.2, 0.25) is 0 Å². The number of anilines is 1. The number of benzene rings is 2. The summed E-state index contributed by atoms with van der Waals surface area (Å²) in [5.41, 5.74) is -0.924. The molecule has 2 aromatic rings. The molecule has 0 spiro atoms. The summed E-state index contributed by atoms with van der Waals surface area (Å²) in [6, 6.07) is 8.92. The van der Waals surface area contributed by atoms with E-state index in [9.17, 15) is 23.2 Å². The highest BCUT2D eigenvalue weighted by Crippen LogP contribution is 2.35. The van der Waals surface area contributed by atoms with Crippen LogP contribution >= 0.6 is 15.9 Å². The van der Waals surface area contributed by atoms with Crippen LogP contribution in [0.3, 0.4) is 0 Å². The summed E-state index contributed by atoms with van der Waals surface area (Å²) >= 11 is 3.31. The molecule has 154 valence electrons. The molecule has 2 rings (SSSR count). The molecule has 0 atom stereocenters. The van der Waals surface area contributed by atoms with Crippen LogP contribution in [0.25, 0.3) is 6.08 Å². The minimum atomic E-state index is -4.56. The maximum absolute atomic E-state index is 12.8. The van der Waals surface area contributed by atoms with Gasteiger partial charge in [0.05, 0.1) is 12.7 Å². The highest BCUT2D eigenvalue weighted by molar-refractivity contribution is 9.10. The molecule has 0 saturated heterocycles. The molecule has 0 fully saturated rings. The van der Waals surface area contributed by atoms with Crippen LogP contribution in [-0.2, 0) is 11.0 Å². The minimum absolute atomic E-state index is 0.0147. The van der Waals surface area contributed by atoms with Gasteiger partial charge in [-0.05, 0) is 42.0 Å². The number of carbonyl (C=O) groups is 1. The summed E-state index contributed by atoms with van der Waals surface area (Å²) in [4.78, 5) is 12.4. The van der Waals surface area contributed by atoms with Crippen molar-refractivity contribution >= 4 is 33.6 Å². The largest absolute Gasteiger partial charge is 0.493 e. The van der Waals surface area contributed by atoms with Crippen LogP contribution in [0.1, 0.15) is 11.1 Å². The Bertz CT molecular complexity index is 1070. The summed E-state index contributed by atoms with van der Waals surface area (Å²) in [6.45, 7) is 0.0147. The summed E-state index contributed by atoms with van der Waals surface area (Å²) in [6.07, 6.45) is 1.88. The Balaban J connectivity index is 2.32. The van der Waals surface area contributed by atoms with Gasteiger partial charge in [0, 0.05) is 10.2 Å². The molecule has 1 N–H and O–H groups in total. The van der Waals surface area contributed by atoms with Gasteiger partial charge in [-0.25, -0.2) is 0 Å². The third-order valence-corrected chi connectivity index (χ3v) is 4.39. The number of nitrogens with one attached hydrogen (secondary N) is 1. The van der Waals surface area contributed by atoms with E-state index in [2.05, 4.69) is 27.2 Å². The molecule has 0 aromatic heterocycles. The summed E-state index contributed by atoms with van der Waals surface area (Å²) in [5, 5.41) is 11.6. The molecule has 0 bridgehead atoms. The lowest BCUT2D eigenvalue weighted by atomic mass is 10.1. The number of amides is 1. The first-order chi connectivity index (χ1) is 14.2. The third kappa shape index (κ3) is 5.79. The molecule has 0 aliphatic rings. The molecule has 0 unspecified atom stereocenters. The van der Waals surface area contributed by atoms with Gasteiger partial charge in [0.15, 0.2) is 11.5 Å². The second-order valence-electron chi connectivity index (χ2n) is 5.72. The van der Waals surface area contributed by atoms with Crippen LogP contribution in [0.5, 0.6) is 11.5 Å². The van der Waals surface area contributed by atoms with Crippen molar-refractivity contribution < 1.29 is 27.4 Å². The van der Waals surface area contributed by atoms with E-state index < -0.39 is 17.6 Å². The second kappa shape index (κ2) is 9.86. The number of terminal acetylenes is 1. The zero-order valence-corrected chi connectivity index (χ0v) is 17.1. The quantitative estimate of drug-likeness (QED) is 0.358. The highest BCUT2D eigenvalue weighted by Gasteiger charge is 2.30. The van der Waals surface area contributed by atoms with E-state index in [0.29, 0.717) is 21.5 Å². The fourth-order valence-corrected chi connectivity index (χ4v) is 2.77. The number of rotatable bonds is 6. The highest BCUT2D eigenvalue weighted by atomic mass is 79.9. The number of ether oxygens (including phenoxy) is 2. The Morgan fingerprint density at radius 3 is 2.63 bits per heavy atom. The van der Waals surface area contributed by atoms with Crippen molar-refractivity contribution in [2.45, 2.75) is 6.18 Å². The van der Waals surface area contributed by atoms with Crippen molar-refractivity contribution in [1.29, 1.82) is 5.26 Å². The predicted molar refractivity (Wildman–Crippen MR) is 109 cm³/mol. The fraction of sp³-hybridized carbons (Fsp3) is 0.143. The summed E-state index contributed by atoms with van der Waals surface area (Å²) < 4.78 is 49.6. The van der Waals surface area contributed by atoms with Gasteiger partial charge in [0.1, 0.15) is 18.2 Å². The Morgan fingerprint density at radius 2 is 2.03 bits per heavy atom. The van der Waals surface area contributed by atoms with E-state index in [1.165, 1.54) is 25.3 Å². The molecule has 0 saturated carbocycles. The van der Waals surface area contributed by atoms with E-state index in [-0.39, 0.29) is 17.9 Å². The zero-order chi connectivity index (χ0) is 22.3. The number of hydrogen-bond acceptors (Lipinski definition) is 4. The Hall–Kier alpha value is -3.43. The maximum Gasteiger partial charge on any atom is 0.416 e. The normalized spacial score (nSPS) is 11.2. The maximum atomic E-state index is 12.8. The van der Waals surface area contributed by atoms with E-state index in [1.807, 2.05) is 0 Å². The van der Waals surface area contributed by atoms with Gasteiger partial charge in [-0.15, -0.1) is 6.42 Å². The molecule has 0 aliphatic carbocycles. The van der Waals surface area contributed by atoms with Crippen molar-refractivity contribution in [3.63, 3.8) is 0 Å². The third-order valence-electron chi connectivity index (χ3n) is 3.71. The average molecular weight is 479 g/mol. The molecule has 2 aromatic carbocycles. The standard InChI is InChI=1S/C21H14BrF3N2O3/c1-3-7-30-19-11-17(22)13(9-18(19)29-2)8-14(12-26)20(28)27-16-6-4-5-15(10-16)21(23,24)25/h1,4-6,8-11H,7H2,2H3,(H,27,28)/b14-8-. The molecule has 9 heteroatoms. The van der Waals surface area contributed by atoms with Crippen molar-refractivity contribution in [2.24, 2.45) is 0 Å². The summed E-state index contributed by atoms with van der Waals surface area (Å²) in [5.74, 6) is 2.13. The molecule has 0 aliphatic heterocycles. The second-order valence-corrected chi connectivity index (χ2v) is 6.57. The molecular weight excluding hydrogens is 465 g/mol. The lowest BCUT2D eigenvalue weighted by molar-refractivity contribution is -0.137. The molecule has 0 heterocycles. The van der Waals surface area contributed by atoms with Gasteiger partial charge in [0.25, 0.3) is 5.91 Å². The number of nitrogens with zero attached hydrogens (tertiary/aromatic N) is 1. The predicted octanol–water partition coefficient (Wildman–Crippen LogP) is 5.03. The van der Waals surface area contributed by atoms with Gasteiger partial charge in [-0.1, -0.05) is 27.9 Å². The van der Waals surface area contributed by atoms with Crippen molar-refractivity contribution in [2.75, 3.05) is 19.0 Å². The fourth-order valence-electron chi connectivity index (χ4n) is 2.33. The smallest absolute Gasteiger partial charge is 0.416 e. The van der Waals surface area contributed by atoms with Gasteiger partial charge >= 0.3 is 6.18 Å². The van der Waals surface area contributed by atoms with Gasteiger partial charge in [-0.2, -0.15) is 18.4 Å². The number of carbonyl (C=O) groups excluding carboxylic acids is 1. The van der Waals surface area contributed by atoms with Gasteiger partial charge in [0.2, 0.25) is 0 Å². The number of hydrogen-bond donors (Lipinski definition) is 1. The van der Waals surface area contributed by atoms with E-state index in [1.54, 1.807) is 12.1 Å². The average Bonchev–Trinajstić information content (AvgIpc) is 2.70. The molecule has 1 amide bonds. The molecular formula is C21H14BrF3N2O3. The first kappa shape index (κ1) is 22.9. The Kier molecular flexibility index (Phi) is 7.51. The van der Waals surface area contributed by atoms with Crippen molar-refractivity contribution in [3.8, 4) is 29.9 Å². The number of nitriles is 1. The van der Waals surface area contributed by atoms with Crippen LogP contribution in [0.4, 0.5) is 18.9 Å². The van der Waals surface area contributed by atoms with Crippen molar-refractivity contribution in [1.82, 2.24) is 0 Å². The first-order valence-corrected chi connectivity index (χ1v) is 9.03. The topological polar surface area (TPSA) is 71.3 Å². The van der Waals surface area contributed by atoms with E-state index in [0.717, 1.165) is 18.2 Å². The number of alkyl halides is 3. The van der Waals surface area contributed by atoms with Crippen LogP contribution in [0.15, 0.2) is 46.4 Å². The Labute approximate surface area is 179 Å². The zero-order valence-electron chi connectivity index (χ0n) is 15.5. The van der Waals surface area contributed by atoms with E-state index in [4.69, 9.17) is 15.9 Å². The molecule has 30 heavy (non-hydrogen) atoms. The lowest BCUT2D eigenvalue weighted by Crippen LogP contribution is -2.14. The molecule has 0 radical (unpaired) electrons.